The number of aryl methyl sites for hydroxylation is 10. The molecule has 8 aromatic rings. The number of pyridine rings is 2. The maximum absolute atomic E-state index is 4.22. The molecule has 0 saturated heterocycles. The second-order valence-electron chi connectivity index (χ2n) is 15.4. The van der Waals surface area contributed by atoms with E-state index in [0.717, 1.165) is 76.0 Å². The van der Waals surface area contributed by atoms with Crippen molar-refractivity contribution in [2.24, 2.45) is 30.0 Å². The normalized spacial score (nSPS) is 9.30. The molecule has 2 aromatic carbocycles. The molecule has 0 saturated carbocycles. The molecular formula is C68H118N18W6-6. The largest absolute Gasteiger partial charge is 0.472 e. The summed E-state index contributed by atoms with van der Waals surface area (Å²) in [6.07, 6.45) is 16.1. The summed E-state index contributed by atoms with van der Waals surface area (Å²) in [5, 5.41) is 1.96. The van der Waals surface area contributed by atoms with Gasteiger partial charge in [-0.1, -0.05) is 239 Å². The molecule has 0 aliphatic rings. The topological polar surface area (TPSA) is 246 Å². The number of benzene rings is 2. The maximum atomic E-state index is 4.22. The molecule has 0 aliphatic heterocycles. The Bertz CT molecular complexity index is 2810. The predicted molar refractivity (Wildman–Crippen MR) is 367 cm³/mol. The standard InChI is InChI=1S/C8H11N2.2C8H10.C7H10N3.C7H9N2.C6H9N4.C6H8N3.C5H7N4.4C2H6.5CH4.6W/c1-3-9-8-4-5-10-7(2)6-8;2*1-7-3-5-8(2)6-4-7;1-3-8-7-4-5-9-6(2)10-7;1-6-5-7(8-2)3-4-9-6;1-3-7-6-9-4-8-5(2)10-6;1-5-8-4-3-6(7-2)9-5;1-4-7-3-8-5(6-2)9-4;4*1-2;;;;;;;;;;;/h4,6H,3H2,1-2H3,(H,9,10);2*3-6H,1-2H3;4H,3H2,1-2H3,(H,8,9,10);3,5H,1-2H3,(H,8,9);3H2,1-2H3,(H,7,8,9,10);3H,1-2H3,(H,7,8,9);1-2H3,(H,6,7,8,9);4*1-2H3;5*1H4;;;;;;/q-1;;;5*-1;;;;;;;;;;;;;;;. The molecule has 0 radical (unpaired) electrons. The second-order valence-corrected chi connectivity index (χ2v) is 15.4. The smallest absolute Gasteiger partial charge is 0.109 e. The van der Waals surface area contributed by atoms with E-state index in [1.54, 1.807) is 33.3 Å². The zero-order valence-corrected chi connectivity index (χ0v) is 73.6. The van der Waals surface area contributed by atoms with Gasteiger partial charge in [0.1, 0.15) is 11.2 Å². The number of nitrogens with one attached hydrogen (secondary N) is 6. The van der Waals surface area contributed by atoms with Crippen molar-refractivity contribution >= 4 is 0 Å². The molecule has 24 heteroatoms. The number of aromatic amines is 6. The fourth-order valence-electron chi connectivity index (χ4n) is 5.04. The van der Waals surface area contributed by atoms with Crippen LogP contribution in [0.2, 0.25) is 0 Å². The van der Waals surface area contributed by atoms with Gasteiger partial charge in [0.25, 0.3) is 0 Å². The first-order valence-electron chi connectivity index (χ1n) is 27.5. The summed E-state index contributed by atoms with van der Waals surface area (Å²) in [4.78, 5) is 64.3. The monoisotopic (exact) mass is 2290 g/mol. The minimum Gasteiger partial charge on any atom is -0.472 e. The summed E-state index contributed by atoms with van der Waals surface area (Å²) in [5.74, 6) is 3.22. The van der Waals surface area contributed by atoms with Gasteiger partial charge in [0.15, 0.2) is 0 Å². The van der Waals surface area contributed by atoms with Crippen LogP contribution in [0.4, 0.5) is 0 Å². The number of nitrogens with zero attached hydrogens (tertiary/aromatic N) is 12. The zero-order chi connectivity index (χ0) is 62.2. The molecule has 0 spiro atoms. The van der Waals surface area contributed by atoms with Crippen LogP contribution in [0.3, 0.4) is 0 Å². The fraction of sp³-hybridized carbons (Fsp3) is 0.471. The number of hydrogen-bond acceptors (Lipinski definition) is 12. The number of rotatable bonds is 3. The van der Waals surface area contributed by atoms with Gasteiger partial charge in [-0.05, 0) is 71.8 Å². The van der Waals surface area contributed by atoms with Crippen molar-refractivity contribution in [3.8, 4) is 0 Å². The van der Waals surface area contributed by atoms with Gasteiger partial charge >= 0.3 is 0 Å². The van der Waals surface area contributed by atoms with Gasteiger partial charge in [0.2, 0.25) is 0 Å². The van der Waals surface area contributed by atoms with Crippen LogP contribution in [0.15, 0.2) is 115 Å². The van der Waals surface area contributed by atoms with Gasteiger partial charge in [-0.3, -0.25) is 0 Å². The van der Waals surface area contributed by atoms with E-state index in [1.165, 1.54) is 22.3 Å². The molecule has 0 aliphatic carbocycles. The van der Waals surface area contributed by atoms with Crippen LogP contribution in [0, 0.1) is 107 Å². The van der Waals surface area contributed by atoms with Crippen LogP contribution >= 0.6 is 0 Å². The van der Waals surface area contributed by atoms with Gasteiger partial charge in [0.05, 0.1) is 0 Å². The molecule has 92 heavy (non-hydrogen) atoms. The Morgan fingerprint density at radius 1 is 0.348 bits per heavy atom. The minimum absolute atomic E-state index is 0. The van der Waals surface area contributed by atoms with Gasteiger partial charge in [-0.2, -0.15) is 0 Å². The van der Waals surface area contributed by atoms with Crippen LogP contribution in [-0.2, 0) is 126 Å². The van der Waals surface area contributed by atoms with Crippen molar-refractivity contribution in [2.45, 2.75) is 183 Å². The summed E-state index contributed by atoms with van der Waals surface area (Å²) < 4.78 is 0. The van der Waals surface area contributed by atoms with Crippen LogP contribution < -0.4 is 32.9 Å². The van der Waals surface area contributed by atoms with E-state index in [2.05, 4.69) is 203 Å². The third-order valence-electron chi connectivity index (χ3n) is 8.65. The third-order valence-corrected chi connectivity index (χ3v) is 8.65. The first-order valence-corrected chi connectivity index (χ1v) is 27.5. The van der Waals surface area contributed by atoms with Crippen molar-refractivity contribution in [1.29, 1.82) is 0 Å². The summed E-state index contributed by atoms with van der Waals surface area (Å²) in [5.41, 5.74) is 10.3. The third kappa shape index (κ3) is 74.9. The van der Waals surface area contributed by atoms with Crippen LogP contribution in [0.1, 0.15) is 170 Å². The summed E-state index contributed by atoms with van der Waals surface area (Å²) in [6.45, 7) is 44.1. The molecule has 18 nitrogen and oxygen atoms in total. The second kappa shape index (κ2) is 88.9. The average molecular weight is 2290 g/mol. The van der Waals surface area contributed by atoms with Gasteiger partial charge in [0, 0.05) is 191 Å². The number of aromatic nitrogens is 12. The quantitative estimate of drug-likeness (QED) is 0.0939. The molecular weight excluding hydrogens is 2170 g/mol. The van der Waals surface area contributed by atoms with E-state index in [-0.39, 0.29) is 164 Å². The number of H-pyrrole nitrogens is 6. The Labute approximate surface area is 645 Å². The van der Waals surface area contributed by atoms with E-state index in [1.807, 2.05) is 142 Å². The minimum atomic E-state index is 0. The Morgan fingerprint density at radius 2 is 0.663 bits per heavy atom. The first-order chi connectivity index (χ1) is 39.0. The first kappa shape index (κ1) is 125. The van der Waals surface area contributed by atoms with Gasteiger partial charge < -0.3 is 89.8 Å². The Balaban J connectivity index is -0.0000000549. The Hall–Kier alpha value is -4.15. The summed E-state index contributed by atoms with van der Waals surface area (Å²) >= 11 is 0. The van der Waals surface area contributed by atoms with Crippen molar-refractivity contribution < 1.29 is 126 Å². The number of hydrogen-bond donors (Lipinski definition) is 6. The Morgan fingerprint density at radius 3 is 0.946 bits per heavy atom. The van der Waals surface area contributed by atoms with Crippen molar-refractivity contribution in [2.75, 3.05) is 40.8 Å². The Kier molecular flexibility index (Phi) is 121. The SMILES string of the molecule is C.C.C.C.C.CC.CC.CC.CC.CCN=c1c[c-][nH]c(C)c1.CCN=c1c[c-]nc(C)[nH]1.CCN=c1n[c-]nc(C)[nH]1.CN=c1c[c-][nH]c(C)c1.CN=c1c[c-]nc(C)[nH]1.CN=c1n[c-]nc(C)[nH]1.Cc1ccc(C)cc1.Cc1ccc(C)cc1.[W].[W].[W].[W].[W].[W]. The summed E-state index contributed by atoms with van der Waals surface area (Å²) in [7, 11) is 5.15. The van der Waals surface area contributed by atoms with E-state index in [9.17, 15) is 0 Å². The molecule has 0 bridgehead atoms. The van der Waals surface area contributed by atoms with E-state index < -0.39 is 0 Å². The fourth-order valence-corrected chi connectivity index (χ4v) is 5.04. The van der Waals surface area contributed by atoms with Crippen LogP contribution in [-0.4, -0.2) is 101 Å². The van der Waals surface area contributed by atoms with Crippen molar-refractivity contribution in [3.63, 3.8) is 0 Å². The molecule has 522 valence electrons. The van der Waals surface area contributed by atoms with Crippen LogP contribution in [0.25, 0.3) is 0 Å². The van der Waals surface area contributed by atoms with Crippen molar-refractivity contribution in [1.82, 2.24) is 59.8 Å². The molecule has 0 fully saturated rings. The summed E-state index contributed by atoms with van der Waals surface area (Å²) in [6, 6.07) is 28.0. The molecule has 0 amide bonds. The molecule has 8 rings (SSSR count). The predicted octanol–water partition coefficient (Wildman–Crippen LogP) is 13.3. The molecule has 0 unspecified atom stereocenters. The maximum Gasteiger partial charge on any atom is 0.109 e. The van der Waals surface area contributed by atoms with Crippen molar-refractivity contribution in [3.05, 3.63) is 212 Å². The molecule has 6 aromatic heterocycles. The van der Waals surface area contributed by atoms with Gasteiger partial charge in [-0.25, -0.2) is 0 Å². The van der Waals surface area contributed by atoms with E-state index in [4.69, 9.17) is 0 Å². The average Bonchev–Trinajstić information content (AvgIpc) is 3.67. The van der Waals surface area contributed by atoms with Crippen LogP contribution in [0.5, 0.6) is 0 Å². The van der Waals surface area contributed by atoms with Gasteiger partial charge in [-0.15, -0.1) is 48.8 Å². The molecule has 6 N–H and O–H groups in total. The molecule has 0 atom stereocenters. The zero-order valence-electron chi connectivity index (χ0n) is 56.0. The molecule has 6 heterocycles. The van der Waals surface area contributed by atoms with E-state index >= 15 is 0 Å². The van der Waals surface area contributed by atoms with E-state index in [0.29, 0.717) is 11.2 Å².